The second-order valence-electron chi connectivity index (χ2n) is 5.65. The van der Waals surface area contributed by atoms with E-state index < -0.39 is 0 Å². The highest BCUT2D eigenvalue weighted by Gasteiger charge is 2.11. The number of phenolic OH excluding ortho intramolecular Hbond substituents is 2. The molecule has 0 atom stereocenters. The zero-order valence-electron chi connectivity index (χ0n) is 14.3. The molecule has 0 aliphatic heterocycles. The van der Waals surface area contributed by atoms with Gasteiger partial charge in [-0.3, -0.25) is 0 Å². The van der Waals surface area contributed by atoms with Crippen molar-refractivity contribution < 1.29 is 30.6 Å². The summed E-state index contributed by atoms with van der Waals surface area (Å²) in [6.45, 7) is 6.70. The number of hydrogen-bond donors (Lipinski definition) is 6. The molecule has 0 heterocycles. The minimum atomic E-state index is -0.257. The molecule has 0 saturated heterocycles. The van der Waals surface area contributed by atoms with E-state index in [-0.39, 0.29) is 43.6 Å². The quantitative estimate of drug-likeness (QED) is 0.462. The van der Waals surface area contributed by atoms with Crippen molar-refractivity contribution in [1.82, 2.24) is 0 Å². The Balaban J connectivity index is 0.000000443. The summed E-state index contributed by atoms with van der Waals surface area (Å²) in [6.07, 6.45) is 0. The van der Waals surface area contributed by atoms with Crippen LogP contribution in [0.1, 0.15) is 40.8 Å². The van der Waals surface area contributed by atoms with Crippen LogP contribution >= 0.6 is 0 Å². The Bertz CT molecular complexity index is 622. The van der Waals surface area contributed by atoms with Gasteiger partial charge in [0.05, 0.1) is 13.2 Å². The van der Waals surface area contributed by atoms with Gasteiger partial charge in [0.25, 0.3) is 0 Å². The van der Waals surface area contributed by atoms with Crippen LogP contribution in [0.2, 0.25) is 0 Å². The summed E-state index contributed by atoms with van der Waals surface area (Å²) in [5.74, 6) is -0.800. The molecule has 2 rings (SSSR count). The predicted molar refractivity (Wildman–Crippen MR) is 97.1 cm³/mol. The van der Waals surface area contributed by atoms with Gasteiger partial charge in [0, 0.05) is 11.1 Å². The number of phenols is 4. The first kappa shape index (κ1) is 22.6. The van der Waals surface area contributed by atoms with Gasteiger partial charge in [-0.05, 0) is 62.1 Å². The highest BCUT2D eigenvalue weighted by Crippen LogP contribution is 2.34. The third-order valence-electron chi connectivity index (χ3n) is 4.17. The van der Waals surface area contributed by atoms with Crippen LogP contribution in [0.15, 0.2) is 12.1 Å². The van der Waals surface area contributed by atoms with Crippen LogP contribution < -0.4 is 0 Å². The van der Waals surface area contributed by atoms with E-state index in [4.69, 9.17) is 10.2 Å². The summed E-state index contributed by atoms with van der Waals surface area (Å²) in [4.78, 5) is 0. The van der Waals surface area contributed by atoms with Crippen LogP contribution in [-0.4, -0.2) is 30.6 Å². The topological polar surface area (TPSA) is 121 Å². The van der Waals surface area contributed by atoms with Crippen LogP contribution in [0.4, 0.5) is 0 Å². The van der Waals surface area contributed by atoms with E-state index in [1.54, 1.807) is 13.8 Å². The lowest BCUT2D eigenvalue weighted by Gasteiger charge is -2.09. The fourth-order valence-electron chi connectivity index (χ4n) is 2.29. The molecule has 0 amide bonds. The third-order valence-corrected chi connectivity index (χ3v) is 4.17. The van der Waals surface area contributed by atoms with Crippen LogP contribution in [0, 0.1) is 27.7 Å². The average Bonchev–Trinajstić information content (AvgIpc) is 2.53. The molecule has 6 nitrogen and oxygen atoms in total. The first-order valence-electron chi connectivity index (χ1n) is 7.39. The van der Waals surface area contributed by atoms with Gasteiger partial charge < -0.3 is 30.6 Å². The second kappa shape index (κ2) is 9.15. The van der Waals surface area contributed by atoms with E-state index >= 15 is 0 Å². The first-order valence-corrected chi connectivity index (χ1v) is 7.39. The van der Waals surface area contributed by atoms with E-state index in [2.05, 4.69) is 0 Å². The van der Waals surface area contributed by atoms with E-state index in [1.165, 1.54) is 12.1 Å². The number of aryl methyl sites for hydroxylation is 2. The average molecular weight is 352 g/mol. The number of benzene rings is 2. The van der Waals surface area contributed by atoms with Gasteiger partial charge in [-0.1, -0.05) is 7.43 Å². The summed E-state index contributed by atoms with van der Waals surface area (Å²) in [5.41, 5.74) is 4.13. The Morgan fingerprint density at radius 1 is 0.640 bits per heavy atom. The fourth-order valence-corrected chi connectivity index (χ4v) is 2.29. The molecule has 6 N–H and O–H groups in total. The van der Waals surface area contributed by atoms with Crippen molar-refractivity contribution in [3.8, 4) is 23.0 Å². The summed E-state index contributed by atoms with van der Waals surface area (Å²) >= 11 is 0. The molecule has 0 unspecified atom stereocenters. The normalized spacial score (nSPS) is 9.84. The zero-order chi connectivity index (χ0) is 18.6. The second-order valence-corrected chi connectivity index (χ2v) is 5.65. The van der Waals surface area contributed by atoms with Gasteiger partial charge in [-0.25, -0.2) is 0 Å². The molecule has 0 aliphatic rings. The Morgan fingerprint density at radius 3 is 1.16 bits per heavy atom. The highest BCUT2D eigenvalue weighted by atomic mass is 16.3. The molecule has 0 aromatic heterocycles. The van der Waals surface area contributed by atoms with Gasteiger partial charge in [0.1, 0.15) is 0 Å². The van der Waals surface area contributed by atoms with Crippen molar-refractivity contribution in [2.45, 2.75) is 48.3 Å². The van der Waals surface area contributed by atoms with E-state index in [9.17, 15) is 20.4 Å². The first-order chi connectivity index (χ1) is 11.1. The molecular formula is C19H28O6. The van der Waals surface area contributed by atoms with Gasteiger partial charge >= 0.3 is 0 Å². The Kier molecular flexibility index (Phi) is 8.26. The lowest BCUT2D eigenvalue weighted by atomic mass is 10.0. The predicted octanol–water partition coefficient (Wildman–Crippen LogP) is 3.05. The molecule has 25 heavy (non-hydrogen) atoms. The van der Waals surface area contributed by atoms with Crippen molar-refractivity contribution in [2.24, 2.45) is 0 Å². The van der Waals surface area contributed by atoms with Crippen LogP contribution in [0.3, 0.4) is 0 Å². The number of aliphatic hydroxyl groups is 2. The summed E-state index contributed by atoms with van der Waals surface area (Å²) in [7, 11) is 0. The van der Waals surface area contributed by atoms with Crippen molar-refractivity contribution in [3.63, 3.8) is 0 Å². The highest BCUT2D eigenvalue weighted by molar-refractivity contribution is 5.52. The van der Waals surface area contributed by atoms with Crippen molar-refractivity contribution in [2.75, 3.05) is 0 Å². The summed E-state index contributed by atoms with van der Waals surface area (Å²) in [6, 6.07) is 2.95. The van der Waals surface area contributed by atoms with Crippen molar-refractivity contribution >= 4 is 0 Å². The molecule has 0 radical (unpaired) electrons. The molecule has 2 aromatic carbocycles. The van der Waals surface area contributed by atoms with E-state index in [0.717, 1.165) is 22.3 Å². The molecule has 6 heteroatoms. The van der Waals surface area contributed by atoms with Crippen LogP contribution in [-0.2, 0) is 13.2 Å². The number of rotatable bonds is 2. The Morgan fingerprint density at radius 2 is 0.920 bits per heavy atom. The summed E-state index contributed by atoms with van der Waals surface area (Å²) in [5, 5.41) is 54.7. The minimum Gasteiger partial charge on any atom is -0.504 e. The monoisotopic (exact) mass is 352 g/mol. The fraction of sp³-hybridized carbons (Fsp3) is 0.368. The molecule has 0 bridgehead atoms. The minimum absolute atomic E-state index is 0. The summed E-state index contributed by atoms with van der Waals surface area (Å²) < 4.78 is 0. The van der Waals surface area contributed by atoms with E-state index in [0.29, 0.717) is 11.1 Å². The Labute approximate surface area is 148 Å². The zero-order valence-corrected chi connectivity index (χ0v) is 14.3. The van der Waals surface area contributed by atoms with E-state index in [1.807, 2.05) is 13.8 Å². The lowest BCUT2D eigenvalue weighted by molar-refractivity contribution is 0.271. The maximum Gasteiger partial charge on any atom is 0.163 e. The molecular weight excluding hydrogens is 324 g/mol. The molecule has 2 aromatic rings. The maximum atomic E-state index is 9.29. The van der Waals surface area contributed by atoms with Gasteiger partial charge in [-0.15, -0.1) is 0 Å². The SMILES string of the molecule is C.Cc1cc(O)c(O)c(CO)c1C.Cc1cc(O)c(O)c(CO)c1C. The van der Waals surface area contributed by atoms with Crippen LogP contribution in [0.25, 0.3) is 0 Å². The smallest absolute Gasteiger partial charge is 0.163 e. The van der Waals surface area contributed by atoms with Gasteiger partial charge in [-0.2, -0.15) is 0 Å². The van der Waals surface area contributed by atoms with Crippen molar-refractivity contribution in [1.29, 1.82) is 0 Å². The molecule has 0 saturated carbocycles. The van der Waals surface area contributed by atoms with Gasteiger partial charge in [0.15, 0.2) is 23.0 Å². The van der Waals surface area contributed by atoms with Crippen LogP contribution in [0.5, 0.6) is 23.0 Å². The number of aliphatic hydroxyl groups excluding tert-OH is 2. The number of hydrogen-bond acceptors (Lipinski definition) is 6. The standard InChI is InChI=1S/2C9H12O3.CH4/c2*1-5-3-8(11)9(12)7(4-10)6(5)2;/h2*3,10-12H,4H2,1-2H3;1H4. The molecule has 0 aliphatic carbocycles. The van der Waals surface area contributed by atoms with Gasteiger partial charge in [0.2, 0.25) is 0 Å². The molecule has 0 spiro atoms. The molecule has 0 fully saturated rings. The van der Waals surface area contributed by atoms with Crippen molar-refractivity contribution in [3.05, 3.63) is 45.5 Å². The third kappa shape index (κ3) is 4.78. The Hall–Kier alpha value is -2.44. The maximum absolute atomic E-state index is 9.29. The largest absolute Gasteiger partial charge is 0.504 e. The number of aromatic hydroxyl groups is 4. The lowest BCUT2D eigenvalue weighted by Crippen LogP contribution is -1.92. The molecule has 140 valence electrons.